The van der Waals surface area contributed by atoms with Crippen molar-refractivity contribution in [2.75, 3.05) is 19.6 Å². The van der Waals surface area contributed by atoms with Gasteiger partial charge in [0, 0.05) is 24.5 Å². The molecule has 0 aliphatic carbocycles. The van der Waals surface area contributed by atoms with Gasteiger partial charge in [-0.2, -0.15) is 0 Å². The lowest BCUT2D eigenvalue weighted by molar-refractivity contribution is -0.125. The Morgan fingerprint density at radius 3 is 2.28 bits per heavy atom. The Kier molecular flexibility index (Phi) is 8.53. The molecule has 2 aliphatic heterocycles. The van der Waals surface area contributed by atoms with Crippen LogP contribution in [0.25, 0.3) is 0 Å². The van der Waals surface area contributed by atoms with E-state index in [1.165, 1.54) is 35.1 Å². The highest BCUT2D eigenvalue weighted by atomic mass is 35.5. The number of hydrogen-bond acceptors (Lipinski definition) is 3. The number of halogens is 1. The molecule has 0 bridgehead atoms. The first-order valence-corrected chi connectivity index (χ1v) is 13.9. The zero-order valence-electron chi connectivity index (χ0n) is 21.1. The van der Waals surface area contributed by atoms with Gasteiger partial charge >= 0.3 is 0 Å². The van der Waals surface area contributed by atoms with E-state index in [4.69, 9.17) is 11.6 Å². The standard InChI is InChI=1S/C32H37ClN2O/c33-29-15-12-27(13-16-29)23-34-21-18-25(19-22-34)14-17-31(36)32-30-11-5-4-9-28(30)10-6-20-35(32)24-26-7-2-1-3-8-26/h1-5,7-9,11-13,15-16,25,32H,6,10,14,17-24H2. The van der Waals surface area contributed by atoms with Crippen molar-refractivity contribution in [1.29, 1.82) is 0 Å². The first-order chi connectivity index (χ1) is 17.7. The summed E-state index contributed by atoms with van der Waals surface area (Å²) < 4.78 is 0. The maximum Gasteiger partial charge on any atom is 0.154 e. The molecule has 0 radical (unpaired) electrons. The SMILES string of the molecule is O=C(CCC1CCN(Cc2ccc(Cl)cc2)CC1)C1c2ccccc2CCCN1Cc1ccccc1. The van der Waals surface area contributed by atoms with Crippen molar-refractivity contribution in [3.05, 3.63) is 106 Å². The molecule has 1 saturated heterocycles. The van der Waals surface area contributed by atoms with Crippen LogP contribution < -0.4 is 0 Å². The topological polar surface area (TPSA) is 23.6 Å². The highest BCUT2D eigenvalue weighted by Gasteiger charge is 2.31. The number of nitrogens with zero attached hydrogens (tertiary/aromatic N) is 2. The number of aryl methyl sites for hydroxylation is 1. The molecular formula is C32H37ClN2O. The molecule has 4 heteroatoms. The minimum Gasteiger partial charge on any atom is -0.299 e. The van der Waals surface area contributed by atoms with Gasteiger partial charge in [-0.3, -0.25) is 14.6 Å². The number of rotatable bonds is 8. The van der Waals surface area contributed by atoms with E-state index in [1.54, 1.807) is 0 Å². The summed E-state index contributed by atoms with van der Waals surface area (Å²) in [4.78, 5) is 18.8. The largest absolute Gasteiger partial charge is 0.299 e. The van der Waals surface area contributed by atoms with Crippen molar-refractivity contribution in [3.8, 4) is 0 Å². The van der Waals surface area contributed by atoms with E-state index in [0.29, 0.717) is 18.1 Å². The molecule has 0 aromatic heterocycles. The first kappa shape index (κ1) is 25.2. The number of ketones is 1. The maximum atomic E-state index is 13.8. The van der Waals surface area contributed by atoms with Crippen LogP contribution in [-0.2, 0) is 24.3 Å². The van der Waals surface area contributed by atoms with Crippen LogP contribution in [0.2, 0.25) is 5.02 Å². The fourth-order valence-corrected chi connectivity index (χ4v) is 6.08. The minimum absolute atomic E-state index is 0.131. The van der Waals surface area contributed by atoms with Crippen molar-refractivity contribution in [2.45, 2.75) is 57.7 Å². The number of Topliss-reactive ketones (excluding diaryl/α,β-unsaturated/α-hetero) is 1. The van der Waals surface area contributed by atoms with Crippen LogP contribution in [0.1, 0.15) is 60.4 Å². The van der Waals surface area contributed by atoms with Crippen molar-refractivity contribution < 1.29 is 4.79 Å². The van der Waals surface area contributed by atoms with E-state index in [9.17, 15) is 4.79 Å². The van der Waals surface area contributed by atoms with Crippen LogP contribution in [0.15, 0.2) is 78.9 Å². The Bertz CT molecular complexity index is 1120. The van der Waals surface area contributed by atoms with E-state index in [2.05, 4.69) is 76.5 Å². The monoisotopic (exact) mass is 500 g/mol. The molecule has 3 aromatic rings. The van der Waals surface area contributed by atoms with Gasteiger partial charge in [-0.25, -0.2) is 0 Å². The van der Waals surface area contributed by atoms with Crippen molar-refractivity contribution >= 4 is 17.4 Å². The van der Waals surface area contributed by atoms with E-state index in [0.717, 1.165) is 57.0 Å². The first-order valence-electron chi connectivity index (χ1n) is 13.5. The molecule has 1 unspecified atom stereocenters. The highest BCUT2D eigenvalue weighted by molar-refractivity contribution is 6.30. The van der Waals surface area contributed by atoms with Gasteiger partial charge in [-0.05, 0) is 92.0 Å². The predicted octanol–water partition coefficient (Wildman–Crippen LogP) is 7.09. The summed E-state index contributed by atoms with van der Waals surface area (Å²) in [6, 6.07) is 27.3. The summed E-state index contributed by atoms with van der Waals surface area (Å²) in [5.74, 6) is 1.03. The van der Waals surface area contributed by atoms with Gasteiger partial charge in [0.25, 0.3) is 0 Å². The molecule has 0 saturated carbocycles. The minimum atomic E-state index is -0.131. The van der Waals surface area contributed by atoms with E-state index in [-0.39, 0.29) is 6.04 Å². The van der Waals surface area contributed by atoms with Gasteiger partial charge in [0.2, 0.25) is 0 Å². The van der Waals surface area contributed by atoms with E-state index >= 15 is 0 Å². The average Bonchev–Trinajstić information content (AvgIpc) is 3.09. The lowest BCUT2D eigenvalue weighted by Crippen LogP contribution is -2.35. The normalized spacial score (nSPS) is 19.5. The molecule has 0 spiro atoms. The smallest absolute Gasteiger partial charge is 0.154 e. The lowest BCUT2D eigenvalue weighted by atomic mass is 9.88. The molecule has 2 aliphatic rings. The van der Waals surface area contributed by atoms with Gasteiger partial charge in [0.05, 0.1) is 6.04 Å². The van der Waals surface area contributed by atoms with Crippen molar-refractivity contribution in [1.82, 2.24) is 9.80 Å². The summed E-state index contributed by atoms with van der Waals surface area (Å²) in [5, 5.41) is 0.792. The number of likely N-dealkylation sites (tertiary alicyclic amines) is 1. The predicted molar refractivity (Wildman–Crippen MR) is 148 cm³/mol. The Hall–Kier alpha value is -2.46. The molecule has 3 nitrogen and oxygen atoms in total. The van der Waals surface area contributed by atoms with Gasteiger partial charge in [0.15, 0.2) is 5.78 Å². The second-order valence-electron chi connectivity index (χ2n) is 10.5. The third-order valence-electron chi connectivity index (χ3n) is 7.97. The Morgan fingerprint density at radius 2 is 1.50 bits per heavy atom. The molecule has 36 heavy (non-hydrogen) atoms. The fraction of sp³-hybridized carbons (Fsp3) is 0.406. The van der Waals surface area contributed by atoms with Crippen LogP contribution in [0.5, 0.6) is 0 Å². The summed E-state index contributed by atoms with van der Waals surface area (Å²) in [5.41, 5.74) is 5.18. The molecule has 3 aromatic carbocycles. The zero-order valence-corrected chi connectivity index (χ0v) is 21.9. The van der Waals surface area contributed by atoms with Gasteiger partial charge < -0.3 is 0 Å². The molecule has 1 fully saturated rings. The number of fused-ring (bicyclic) bond motifs is 1. The van der Waals surface area contributed by atoms with E-state index in [1.807, 2.05) is 12.1 Å². The van der Waals surface area contributed by atoms with Crippen molar-refractivity contribution in [3.63, 3.8) is 0 Å². The van der Waals surface area contributed by atoms with Gasteiger partial charge in [-0.1, -0.05) is 78.3 Å². The van der Waals surface area contributed by atoms with Crippen LogP contribution in [0, 0.1) is 5.92 Å². The molecule has 0 N–H and O–H groups in total. The summed E-state index contributed by atoms with van der Waals surface area (Å²) in [6.07, 6.45) is 6.18. The molecule has 2 heterocycles. The lowest BCUT2D eigenvalue weighted by Gasteiger charge is -2.33. The third-order valence-corrected chi connectivity index (χ3v) is 8.22. The van der Waals surface area contributed by atoms with Crippen LogP contribution >= 0.6 is 11.6 Å². The second kappa shape index (κ2) is 12.2. The Labute approximate surface area is 221 Å². The summed E-state index contributed by atoms with van der Waals surface area (Å²) >= 11 is 6.03. The maximum absolute atomic E-state index is 13.8. The highest BCUT2D eigenvalue weighted by Crippen LogP contribution is 2.33. The average molecular weight is 501 g/mol. The number of piperidine rings is 1. The quantitative estimate of drug-likeness (QED) is 0.330. The van der Waals surface area contributed by atoms with Crippen LogP contribution in [0.4, 0.5) is 0 Å². The molecule has 0 amide bonds. The van der Waals surface area contributed by atoms with Crippen molar-refractivity contribution in [2.24, 2.45) is 5.92 Å². The zero-order chi connectivity index (χ0) is 24.7. The summed E-state index contributed by atoms with van der Waals surface area (Å²) in [6.45, 7) is 4.98. The molecule has 188 valence electrons. The Morgan fingerprint density at radius 1 is 0.806 bits per heavy atom. The second-order valence-corrected chi connectivity index (χ2v) is 10.9. The molecular weight excluding hydrogens is 464 g/mol. The summed E-state index contributed by atoms with van der Waals surface area (Å²) in [7, 11) is 0. The number of benzene rings is 3. The van der Waals surface area contributed by atoms with Crippen LogP contribution in [-0.4, -0.2) is 35.2 Å². The van der Waals surface area contributed by atoms with Crippen LogP contribution in [0.3, 0.4) is 0 Å². The number of hydrogen-bond donors (Lipinski definition) is 0. The Balaban J connectivity index is 1.20. The fourth-order valence-electron chi connectivity index (χ4n) is 5.96. The number of carbonyl (C=O) groups excluding carboxylic acids is 1. The molecule has 5 rings (SSSR count). The number of carbonyl (C=O) groups is 1. The van der Waals surface area contributed by atoms with E-state index < -0.39 is 0 Å². The van der Waals surface area contributed by atoms with Gasteiger partial charge in [0.1, 0.15) is 0 Å². The van der Waals surface area contributed by atoms with Gasteiger partial charge in [-0.15, -0.1) is 0 Å². The third kappa shape index (κ3) is 6.45. The molecule has 1 atom stereocenters.